The quantitative estimate of drug-likeness (QED) is 0.541. The molecule has 1 aromatic heterocycles. The highest BCUT2D eigenvalue weighted by atomic mass is 32.2. The van der Waals surface area contributed by atoms with Gasteiger partial charge in [-0.05, 0) is 5.27 Å². The van der Waals surface area contributed by atoms with Crippen molar-refractivity contribution in [3.8, 4) is 0 Å². The van der Waals surface area contributed by atoms with E-state index in [2.05, 4.69) is 15.1 Å². The Morgan fingerprint density at radius 2 is 2.47 bits per heavy atom. The summed E-state index contributed by atoms with van der Waals surface area (Å²) in [6.07, 6.45) is 0. The molecule has 0 bridgehead atoms. The smallest absolute Gasteiger partial charge is 0.432 e. The largest absolute Gasteiger partial charge is 0.480 e. The number of carbonyl (C=O) groups is 1. The molecule has 0 spiro atoms. The first-order valence-electron chi connectivity index (χ1n) is 4.28. The zero-order valence-corrected chi connectivity index (χ0v) is 8.71. The van der Waals surface area contributed by atoms with Crippen LogP contribution in [0.4, 0.5) is 0 Å². The molecule has 15 heavy (non-hydrogen) atoms. The molecule has 2 rings (SSSR count). The molecular formula is C7H10N3O4S+. The van der Waals surface area contributed by atoms with Crippen LogP contribution >= 0.6 is 11.8 Å². The maximum absolute atomic E-state index is 11.3. The van der Waals surface area contributed by atoms with Gasteiger partial charge in [0, 0.05) is 6.54 Å². The molecule has 8 heteroatoms. The van der Waals surface area contributed by atoms with Gasteiger partial charge in [0.2, 0.25) is 0 Å². The number of carboxylic acid groups (broad SMARTS) is 1. The van der Waals surface area contributed by atoms with Crippen molar-refractivity contribution in [3.63, 3.8) is 0 Å². The predicted molar refractivity (Wildman–Crippen MR) is 50.3 cm³/mol. The molecule has 1 aliphatic heterocycles. The Balaban J connectivity index is 2.21. The number of hydrogen-bond donors (Lipinski definition) is 3. The fourth-order valence-electron chi connectivity index (χ4n) is 1.41. The molecule has 0 aromatic carbocycles. The van der Waals surface area contributed by atoms with Crippen LogP contribution in [-0.4, -0.2) is 28.1 Å². The molecule has 0 radical (unpaired) electrons. The highest BCUT2D eigenvalue weighted by Gasteiger charge is 2.38. The SMILES string of the molecule is C[n+]1[nH]oc(=O)c1C1NCC(C(=O)O)S1. The van der Waals surface area contributed by atoms with Gasteiger partial charge in [-0.2, -0.15) is 0 Å². The lowest BCUT2D eigenvalue weighted by molar-refractivity contribution is -0.746. The van der Waals surface area contributed by atoms with E-state index >= 15 is 0 Å². The molecule has 1 fully saturated rings. The zero-order chi connectivity index (χ0) is 11.0. The first kappa shape index (κ1) is 10.2. The van der Waals surface area contributed by atoms with Crippen molar-refractivity contribution in [3.05, 3.63) is 16.1 Å². The summed E-state index contributed by atoms with van der Waals surface area (Å²) in [7, 11) is 1.64. The summed E-state index contributed by atoms with van der Waals surface area (Å²) in [5.41, 5.74) is -0.0858. The number of aromatic nitrogens is 2. The van der Waals surface area contributed by atoms with Gasteiger partial charge in [0.15, 0.2) is 12.4 Å². The number of carboxylic acids is 1. The standard InChI is InChI=1S/C7H9N3O4S/c1-10-4(7(13)14-9-10)5-8-2-3(15-5)6(11)12/h3,5,8H,2H2,1H3,(H-,9,11,12,13)/p+1. The Morgan fingerprint density at radius 1 is 1.73 bits per heavy atom. The van der Waals surface area contributed by atoms with Gasteiger partial charge in [0.05, 0.1) is 0 Å². The van der Waals surface area contributed by atoms with Crippen LogP contribution in [0.3, 0.4) is 0 Å². The van der Waals surface area contributed by atoms with E-state index in [4.69, 9.17) is 5.11 Å². The van der Waals surface area contributed by atoms with Gasteiger partial charge in [-0.1, -0.05) is 4.68 Å². The number of hydrogen-bond acceptors (Lipinski definition) is 5. The van der Waals surface area contributed by atoms with E-state index in [9.17, 15) is 9.59 Å². The Labute approximate surface area is 88.4 Å². The van der Waals surface area contributed by atoms with E-state index in [-0.39, 0.29) is 5.37 Å². The number of aliphatic carboxylic acids is 1. The molecule has 1 aromatic rings. The lowest BCUT2D eigenvalue weighted by atomic mass is 10.4. The minimum absolute atomic E-state index is 0.335. The molecule has 2 heterocycles. The monoisotopic (exact) mass is 232 g/mol. The number of H-pyrrole nitrogens is 1. The Kier molecular flexibility index (Phi) is 2.53. The van der Waals surface area contributed by atoms with E-state index in [1.807, 2.05) is 0 Å². The molecule has 82 valence electrons. The van der Waals surface area contributed by atoms with E-state index in [0.29, 0.717) is 12.2 Å². The maximum atomic E-state index is 11.3. The first-order valence-corrected chi connectivity index (χ1v) is 5.23. The van der Waals surface area contributed by atoms with Crippen molar-refractivity contribution in [2.75, 3.05) is 6.54 Å². The molecular weight excluding hydrogens is 222 g/mol. The van der Waals surface area contributed by atoms with Crippen LogP contribution in [0.2, 0.25) is 0 Å². The summed E-state index contributed by atoms with van der Waals surface area (Å²) in [4.78, 5) is 22.0. The maximum Gasteiger partial charge on any atom is 0.432 e. The molecule has 2 atom stereocenters. The Morgan fingerprint density at radius 3 is 2.93 bits per heavy atom. The zero-order valence-electron chi connectivity index (χ0n) is 7.89. The van der Waals surface area contributed by atoms with Crippen molar-refractivity contribution in [1.29, 1.82) is 0 Å². The van der Waals surface area contributed by atoms with E-state index in [1.165, 1.54) is 16.4 Å². The van der Waals surface area contributed by atoms with Crippen LogP contribution in [-0.2, 0) is 11.8 Å². The van der Waals surface area contributed by atoms with Crippen molar-refractivity contribution in [2.45, 2.75) is 10.6 Å². The second-order valence-corrected chi connectivity index (χ2v) is 4.49. The van der Waals surface area contributed by atoms with Crippen molar-refractivity contribution >= 4 is 17.7 Å². The predicted octanol–water partition coefficient (Wildman–Crippen LogP) is -1.42. The van der Waals surface area contributed by atoms with Crippen LogP contribution in [0.5, 0.6) is 0 Å². The normalized spacial score (nSPS) is 25.7. The molecule has 1 saturated heterocycles. The second-order valence-electron chi connectivity index (χ2n) is 3.18. The van der Waals surface area contributed by atoms with Gasteiger partial charge in [0.25, 0.3) is 0 Å². The number of aromatic amines is 1. The minimum atomic E-state index is -0.877. The topological polar surface area (TPSA) is 99.2 Å². The molecule has 0 aliphatic carbocycles. The third kappa shape index (κ3) is 1.77. The van der Waals surface area contributed by atoms with Crippen LogP contribution in [0.25, 0.3) is 0 Å². The van der Waals surface area contributed by atoms with Crippen molar-refractivity contribution < 1.29 is 19.1 Å². The summed E-state index contributed by atoms with van der Waals surface area (Å²) in [5.74, 6) is -0.877. The number of aryl methyl sites for hydroxylation is 1. The molecule has 0 saturated carbocycles. The summed E-state index contributed by atoms with van der Waals surface area (Å²) < 4.78 is 6.03. The fourth-order valence-corrected chi connectivity index (χ4v) is 2.63. The highest BCUT2D eigenvalue weighted by Crippen LogP contribution is 2.31. The van der Waals surface area contributed by atoms with E-state index in [0.717, 1.165) is 0 Å². The third-order valence-electron chi connectivity index (χ3n) is 2.16. The van der Waals surface area contributed by atoms with Crippen molar-refractivity contribution in [2.24, 2.45) is 7.05 Å². The minimum Gasteiger partial charge on any atom is -0.480 e. The fraction of sp³-hybridized carbons (Fsp3) is 0.571. The first-order chi connectivity index (χ1) is 7.09. The van der Waals surface area contributed by atoms with Crippen molar-refractivity contribution in [1.82, 2.24) is 10.6 Å². The molecule has 0 amide bonds. The van der Waals surface area contributed by atoms with E-state index < -0.39 is 16.8 Å². The van der Waals surface area contributed by atoms with Crippen LogP contribution in [0.15, 0.2) is 9.32 Å². The molecule has 2 unspecified atom stereocenters. The third-order valence-corrected chi connectivity index (χ3v) is 3.52. The van der Waals surface area contributed by atoms with Crippen LogP contribution < -0.4 is 15.6 Å². The number of nitrogens with one attached hydrogen (secondary N) is 2. The van der Waals surface area contributed by atoms with E-state index in [1.54, 1.807) is 7.05 Å². The molecule has 1 aliphatic rings. The van der Waals surface area contributed by atoms with Gasteiger partial charge < -0.3 is 5.11 Å². The summed E-state index contributed by atoms with van der Waals surface area (Å²) in [6, 6.07) is 0. The highest BCUT2D eigenvalue weighted by molar-refractivity contribution is 8.01. The van der Waals surface area contributed by atoms with Gasteiger partial charge in [-0.15, -0.1) is 11.8 Å². The average molecular weight is 232 g/mol. The summed E-state index contributed by atoms with van der Waals surface area (Å²) in [6.45, 7) is 0.343. The lowest BCUT2D eigenvalue weighted by Crippen LogP contribution is -2.39. The van der Waals surface area contributed by atoms with Crippen LogP contribution in [0, 0.1) is 0 Å². The Hall–Kier alpha value is -1.28. The number of rotatable bonds is 2. The summed E-state index contributed by atoms with van der Waals surface area (Å²) >= 11 is 1.19. The van der Waals surface area contributed by atoms with Gasteiger partial charge in [-0.3, -0.25) is 14.6 Å². The Bertz CT molecular complexity index is 440. The van der Waals surface area contributed by atoms with Gasteiger partial charge >= 0.3 is 17.3 Å². The lowest BCUT2D eigenvalue weighted by Gasteiger charge is -2.00. The van der Waals surface area contributed by atoms with Gasteiger partial charge in [0.1, 0.15) is 5.25 Å². The van der Waals surface area contributed by atoms with Crippen LogP contribution in [0.1, 0.15) is 11.1 Å². The molecule has 7 nitrogen and oxygen atoms in total. The number of thioether (sulfide) groups is 1. The average Bonchev–Trinajstić information content (AvgIpc) is 2.73. The van der Waals surface area contributed by atoms with Gasteiger partial charge in [-0.25, -0.2) is 4.79 Å². The summed E-state index contributed by atoms with van der Waals surface area (Å²) in [5, 5.41) is 13.3. The molecule has 3 N–H and O–H groups in total. The second kappa shape index (κ2) is 3.70. The number of nitrogens with zero attached hydrogens (tertiary/aromatic N) is 1.